The lowest BCUT2D eigenvalue weighted by Crippen LogP contribution is -2.40. The zero-order valence-electron chi connectivity index (χ0n) is 8.78. The number of benzene rings is 1. The molecule has 4 heteroatoms. The Morgan fingerprint density at radius 2 is 1.93 bits per heavy atom. The van der Waals surface area contributed by atoms with Gasteiger partial charge in [0, 0.05) is 18.0 Å². The summed E-state index contributed by atoms with van der Waals surface area (Å²) in [6.45, 7) is 4.36. The molecule has 1 aromatic rings. The molecule has 1 rings (SSSR count). The lowest BCUT2D eigenvalue weighted by Gasteiger charge is -2.23. The third-order valence-electron chi connectivity index (χ3n) is 2.09. The Morgan fingerprint density at radius 3 is 2.47 bits per heavy atom. The smallest absolute Gasteiger partial charge is 0.159 e. The van der Waals surface area contributed by atoms with Crippen molar-refractivity contribution in [1.29, 1.82) is 0 Å². The highest BCUT2D eigenvalue weighted by Gasteiger charge is 2.15. The number of rotatable bonds is 4. The Balaban J connectivity index is 2.62. The number of hydrogen-bond donors (Lipinski definition) is 1. The molecular weight excluding hydrogens is 220 g/mol. The van der Waals surface area contributed by atoms with Crippen molar-refractivity contribution in [3.8, 4) is 0 Å². The van der Waals surface area contributed by atoms with Crippen LogP contribution in [-0.2, 0) is 6.54 Å². The molecule has 0 aliphatic carbocycles. The fourth-order valence-electron chi connectivity index (χ4n) is 1.04. The van der Waals surface area contributed by atoms with E-state index in [9.17, 15) is 8.78 Å². The Bertz CT molecular complexity index is 339. The molecule has 0 aliphatic rings. The highest BCUT2D eigenvalue weighted by atomic mass is 35.5. The molecule has 15 heavy (non-hydrogen) atoms. The summed E-state index contributed by atoms with van der Waals surface area (Å²) in [6, 6.07) is 3.86. The molecule has 0 heterocycles. The zero-order chi connectivity index (χ0) is 11.5. The molecular formula is C11H14ClF2N. The van der Waals surface area contributed by atoms with Crippen LogP contribution < -0.4 is 5.32 Å². The number of halogens is 3. The highest BCUT2D eigenvalue weighted by Crippen LogP contribution is 2.11. The Labute approximate surface area is 93.4 Å². The average Bonchev–Trinajstić information content (AvgIpc) is 2.20. The van der Waals surface area contributed by atoms with Gasteiger partial charge in [-0.3, -0.25) is 0 Å². The molecule has 0 fully saturated rings. The van der Waals surface area contributed by atoms with Crippen LogP contribution in [0.4, 0.5) is 8.78 Å². The molecule has 0 aliphatic heterocycles. The minimum absolute atomic E-state index is 0.216. The van der Waals surface area contributed by atoms with Crippen LogP contribution in [-0.4, -0.2) is 11.4 Å². The molecule has 0 bridgehead atoms. The Kier molecular flexibility index (Phi) is 4.05. The molecule has 0 radical (unpaired) electrons. The Morgan fingerprint density at radius 1 is 1.27 bits per heavy atom. The third-order valence-corrected chi connectivity index (χ3v) is 2.76. The van der Waals surface area contributed by atoms with Crippen LogP contribution in [0.25, 0.3) is 0 Å². The Hall–Kier alpha value is -0.670. The van der Waals surface area contributed by atoms with Crippen molar-refractivity contribution in [3.05, 3.63) is 35.4 Å². The third kappa shape index (κ3) is 3.76. The van der Waals surface area contributed by atoms with Gasteiger partial charge < -0.3 is 5.32 Å². The molecule has 1 N–H and O–H groups in total. The molecule has 0 atom stereocenters. The van der Waals surface area contributed by atoms with E-state index in [1.165, 1.54) is 6.07 Å². The minimum atomic E-state index is -0.824. The largest absolute Gasteiger partial charge is 0.307 e. The number of alkyl halides is 1. The summed E-state index contributed by atoms with van der Waals surface area (Å²) in [5, 5.41) is 3.15. The second-order valence-electron chi connectivity index (χ2n) is 4.12. The van der Waals surface area contributed by atoms with Crippen LogP contribution in [0.2, 0.25) is 0 Å². The van der Waals surface area contributed by atoms with Crippen molar-refractivity contribution in [1.82, 2.24) is 5.32 Å². The monoisotopic (exact) mass is 233 g/mol. The quantitative estimate of drug-likeness (QED) is 0.789. The average molecular weight is 234 g/mol. The van der Waals surface area contributed by atoms with Crippen molar-refractivity contribution < 1.29 is 8.78 Å². The van der Waals surface area contributed by atoms with Gasteiger partial charge in [0.05, 0.1) is 0 Å². The number of nitrogens with one attached hydrogen (secondary N) is 1. The predicted octanol–water partition coefficient (Wildman–Crippen LogP) is 3.07. The van der Waals surface area contributed by atoms with Gasteiger partial charge in [0.25, 0.3) is 0 Å². The van der Waals surface area contributed by atoms with Crippen molar-refractivity contribution in [2.24, 2.45) is 0 Å². The molecule has 1 nitrogen and oxygen atoms in total. The standard InChI is InChI=1S/C11H14ClF2N/c1-11(2,7-12)15-6-8-3-4-9(13)10(14)5-8/h3-5,15H,6-7H2,1-2H3. The van der Waals surface area contributed by atoms with Gasteiger partial charge >= 0.3 is 0 Å². The first kappa shape index (κ1) is 12.4. The molecule has 0 unspecified atom stereocenters. The van der Waals surface area contributed by atoms with E-state index >= 15 is 0 Å². The maximum Gasteiger partial charge on any atom is 0.159 e. The SMILES string of the molecule is CC(C)(CCl)NCc1ccc(F)c(F)c1. The van der Waals surface area contributed by atoms with Crippen LogP contribution in [0.5, 0.6) is 0 Å². The van der Waals surface area contributed by atoms with E-state index in [4.69, 9.17) is 11.6 Å². The first-order chi connectivity index (χ1) is 6.94. The molecule has 0 aromatic heterocycles. The summed E-state index contributed by atoms with van der Waals surface area (Å²) in [4.78, 5) is 0. The van der Waals surface area contributed by atoms with Gasteiger partial charge in [-0.05, 0) is 31.5 Å². The van der Waals surface area contributed by atoms with Crippen LogP contribution in [0.15, 0.2) is 18.2 Å². The lowest BCUT2D eigenvalue weighted by molar-refractivity contribution is 0.427. The summed E-state index contributed by atoms with van der Waals surface area (Å²) in [5.41, 5.74) is 0.485. The van der Waals surface area contributed by atoms with Gasteiger partial charge in [-0.1, -0.05) is 6.07 Å². The second kappa shape index (κ2) is 4.90. The van der Waals surface area contributed by atoms with Crippen LogP contribution >= 0.6 is 11.6 Å². The van der Waals surface area contributed by atoms with Gasteiger partial charge in [0.15, 0.2) is 11.6 Å². The lowest BCUT2D eigenvalue weighted by atomic mass is 10.1. The highest BCUT2D eigenvalue weighted by molar-refractivity contribution is 6.18. The second-order valence-corrected chi connectivity index (χ2v) is 4.39. The summed E-state index contributed by atoms with van der Waals surface area (Å²) < 4.78 is 25.5. The molecule has 0 spiro atoms. The number of hydrogen-bond acceptors (Lipinski definition) is 1. The van der Waals surface area contributed by atoms with Crippen molar-refractivity contribution in [3.63, 3.8) is 0 Å². The van der Waals surface area contributed by atoms with Crippen LogP contribution in [0.3, 0.4) is 0 Å². The molecule has 84 valence electrons. The topological polar surface area (TPSA) is 12.0 Å². The van der Waals surface area contributed by atoms with Gasteiger partial charge in [-0.15, -0.1) is 11.6 Å². The van der Waals surface area contributed by atoms with Gasteiger partial charge in [0.1, 0.15) is 0 Å². The van der Waals surface area contributed by atoms with E-state index in [-0.39, 0.29) is 5.54 Å². The van der Waals surface area contributed by atoms with E-state index in [1.807, 2.05) is 13.8 Å². The van der Waals surface area contributed by atoms with Crippen molar-refractivity contribution in [2.75, 3.05) is 5.88 Å². The zero-order valence-corrected chi connectivity index (χ0v) is 9.54. The van der Waals surface area contributed by atoms with Crippen molar-refractivity contribution >= 4 is 11.6 Å². The molecule has 1 aromatic carbocycles. The van der Waals surface area contributed by atoms with Crippen LogP contribution in [0, 0.1) is 11.6 Å². The molecule has 0 saturated carbocycles. The van der Waals surface area contributed by atoms with E-state index in [1.54, 1.807) is 6.07 Å². The van der Waals surface area contributed by atoms with E-state index in [0.29, 0.717) is 18.0 Å². The summed E-state index contributed by atoms with van der Waals surface area (Å²) in [7, 11) is 0. The van der Waals surface area contributed by atoms with E-state index in [2.05, 4.69) is 5.32 Å². The van der Waals surface area contributed by atoms with Crippen LogP contribution in [0.1, 0.15) is 19.4 Å². The minimum Gasteiger partial charge on any atom is -0.307 e. The summed E-state index contributed by atoms with van der Waals surface area (Å²) in [5.74, 6) is -1.19. The normalized spacial score (nSPS) is 11.8. The first-order valence-electron chi connectivity index (χ1n) is 4.69. The maximum atomic E-state index is 12.9. The summed E-state index contributed by atoms with van der Waals surface area (Å²) in [6.07, 6.45) is 0. The fraction of sp³-hybridized carbons (Fsp3) is 0.455. The molecule has 0 amide bonds. The predicted molar refractivity (Wildman–Crippen MR) is 58.0 cm³/mol. The van der Waals surface area contributed by atoms with E-state index in [0.717, 1.165) is 6.07 Å². The fourth-order valence-corrected chi connectivity index (χ4v) is 1.13. The van der Waals surface area contributed by atoms with Gasteiger partial charge in [-0.2, -0.15) is 0 Å². The maximum absolute atomic E-state index is 12.9. The van der Waals surface area contributed by atoms with E-state index < -0.39 is 11.6 Å². The molecule has 0 saturated heterocycles. The summed E-state index contributed by atoms with van der Waals surface area (Å²) >= 11 is 5.72. The van der Waals surface area contributed by atoms with Gasteiger partial charge in [-0.25, -0.2) is 8.78 Å². The first-order valence-corrected chi connectivity index (χ1v) is 5.23. The van der Waals surface area contributed by atoms with Gasteiger partial charge in [0.2, 0.25) is 0 Å². The van der Waals surface area contributed by atoms with Crippen molar-refractivity contribution in [2.45, 2.75) is 25.9 Å².